The fraction of sp³-hybridized carbons (Fsp3) is 1.00. The summed E-state index contributed by atoms with van der Waals surface area (Å²) in [7, 11) is 0. The topological polar surface area (TPSA) is 3.24 Å². The number of hydrogen-bond donors (Lipinski definition) is 1. The summed E-state index contributed by atoms with van der Waals surface area (Å²) in [4.78, 5) is 2.12. The number of hydrogen-bond acceptors (Lipinski definition) is 2. The molecule has 0 spiro atoms. The molecular formula is C7H14FNS. The van der Waals surface area contributed by atoms with Crippen molar-refractivity contribution >= 4 is 12.6 Å². The first-order valence-corrected chi connectivity index (χ1v) is 4.30. The van der Waals surface area contributed by atoms with Crippen molar-refractivity contribution in [2.75, 3.05) is 19.6 Å². The largest absolute Gasteiger partial charge is 0.301 e. The Morgan fingerprint density at radius 2 is 2.40 bits per heavy atom. The Bertz CT molecular complexity index is 110. The highest BCUT2D eigenvalue weighted by atomic mass is 32.1. The Balaban J connectivity index is 2.33. The van der Waals surface area contributed by atoms with Crippen molar-refractivity contribution < 1.29 is 4.39 Å². The highest BCUT2D eigenvalue weighted by molar-refractivity contribution is 7.81. The Hall–Kier alpha value is 0.240. The van der Waals surface area contributed by atoms with Crippen LogP contribution in [0.1, 0.15) is 13.3 Å². The summed E-state index contributed by atoms with van der Waals surface area (Å²) in [6.07, 6.45) is 0.162. The maximum Gasteiger partial charge on any atom is 0.124 e. The molecule has 2 atom stereocenters. The number of halogens is 1. The lowest BCUT2D eigenvalue weighted by atomic mass is 10.1. The van der Waals surface area contributed by atoms with Crippen LogP contribution in [0.4, 0.5) is 4.39 Å². The standard InChI is InChI=1S/C7H14FNS/c1-2-9-4-3-7(10)6(8)5-9/h6-7,10H,2-5H2,1H3. The Labute approximate surface area is 67.0 Å². The SMILES string of the molecule is CCN1CCC(S)C(F)C1. The molecule has 1 saturated heterocycles. The van der Waals surface area contributed by atoms with Crippen LogP contribution in [-0.2, 0) is 0 Å². The van der Waals surface area contributed by atoms with Gasteiger partial charge < -0.3 is 4.90 Å². The Morgan fingerprint density at radius 1 is 1.70 bits per heavy atom. The number of alkyl halides is 1. The van der Waals surface area contributed by atoms with Gasteiger partial charge in [-0.15, -0.1) is 0 Å². The van der Waals surface area contributed by atoms with Crippen LogP contribution in [-0.4, -0.2) is 36.0 Å². The molecule has 0 saturated carbocycles. The van der Waals surface area contributed by atoms with E-state index < -0.39 is 6.17 Å². The van der Waals surface area contributed by atoms with E-state index in [1.54, 1.807) is 0 Å². The summed E-state index contributed by atoms with van der Waals surface area (Å²) >= 11 is 4.13. The van der Waals surface area contributed by atoms with E-state index in [0.717, 1.165) is 19.5 Å². The summed E-state index contributed by atoms with van der Waals surface area (Å²) in [5, 5.41) is -0.0252. The first kappa shape index (κ1) is 8.34. The Kier molecular flexibility index (Phi) is 2.98. The van der Waals surface area contributed by atoms with Crippen molar-refractivity contribution in [1.29, 1.82) is 0 Å². The molecule has 0 aromatic rings. The molecule has 1 aliphatic heterocycles. The third-order valence-electron chi connectivity index (χ3n) is 2.04. The fourth-order valence-electron chi connectivity index (χ4n) is 1.24. The second-order valence-corrected chi connectivity index (χ2v) is 3.43. The number of piperidine rings is 1. The molecule has 1 nitrogen and oxygen atoms in total. The number of rotatable bonds is 1. The van der Waals surface area contributed by atoms with Crippen molar-refractivity contribution in [1.82, 2.24) is 4.90 Å². The van der Waals surface area contributed by atoms with Crippen molar-refractivity contribution in [3.8, 4) is 0 Å². The van der Waals surface area contributed by atoms with Crippen LogP contribution < -0.4 is 0 Å². The van der Waals surface area contributed by atoms with Crippen LogP contribution in [0.3, 0.4) is 0 Å². The third-order valence-corrected chi connectivity index (χ3v) is 2.62. The van der Waals surface area contributed by atoms with Gasteiger partial charge in [0.1, 0.15) is 6.17 Å². The summed E-state index contributed by atoms with van der Waals surface area (Å²) < 4.78 is 12.9. The van der Waals surface area contributed by atoms with E-state index in [4.69, 9.17) is 0 Å². The summed E-state index contributed by atoms with van der Waals surface area (Å²) in [5.41, 5.74) is 0. The second kappa shape index (κ2) is 3.58. The molecule has 1 rings (SSSR count). The van der Waals surface area contributed by atoms with E-state index in [9.17, 15) is 4.39 Å². The molecule has 1 heterocycles. The van der Waals surface area contributed by atoms with Gasteiger partial charge in [0, 0.05) is 11.8 Å². The Morgan fingerprint density at radius 3 is 2.90 bits per heavy atom. The lowest BCUT2D eigenvalue weighted by Gasteiger charge is -2.31. The highest BCUT2D eigenvalue weighted by Gasteiger charge is 2.25. The summed E-state index contributed by atoms with van der Waals surface area (Å²) in [6.45, 7) is 4.60. The van der Waals surface area contributed by atoms with Gasteiger partial charge in [-0.3, -0.25) is 0 Å². The van der Waals surface area contributed by atoms with E-state index in [0.29, 0.717) is 6.54 Å². The number of likely N-dealkylation sites (tertiary alicyclic amines) is 1. The van der Waals surface area contributed by atoms with Crippen LogP contribution in [0.5, 0.6) is 0 Å². The number of thiol groups is 1. The first-order valence-electron chi connectivity index (χ1n) is 3.78. The predicted molar refractivity (Wildman–Crippen MR) is 44.4 cm³/mol. The van der Waals surface area contributed by atoms with Crippen LogP contribution in [0, 0.1) is 0 Å². The molecule has 0 aliphatic carbocycles. The van der Waals surface area contributed by atoms with E-state index in [1.807, 2.05) is 0 Å². The monoisotopic (exact) mass is 163 g/mol. The molecule has 10 heavy (non-hydrogen) atoms. The minimum absolute atomic E-state index is 0.0252. The van der Waals surface area contributed by atoms with Crippen molar-refractivity contribution in [2.24, 2.45) is 0 Å². The van der Waals surface area contributed by atoms with Gasteiger partial charge in [-0.1, -0.05) is 6.92 Å². The van der Waals surface area contributed by atoms with Gasteiger partial charge in [0.15, 0.2) is 0 Å². The third kappa shape index (κ3) is 1.86. The van der Waals surface area contributed by atoms with Gasteiger partial charge in [0.2, 0.25) is 0 Å². The first-order chi connectivity index (χ1) is 4.74. The molecule has 2 unspecified atom stereocenters. The van der Waals surface area contributed by atoms with Gasteiger partial charge in [0.25, 0.3) is 0 Å². The quantitative estimate of drug-likeness (QED) is 0.571. The van der Waals surface area contributed by atoms with Crippen LogP contribution in [0.2, 0.25) is 0 Å². The van der Waals surface area contributed by atoms with Gasteiger partial charge in [0.05, 0.1) is 0 Å². The second-order valence-electron chi connectivity index (χ2n) is 2.77. The molecular weight excluding hydrogens is 149 g/mol. The fourth-order valence-corrected chi connectivity index (χ4v) is 1.45. The van der Waals surface area contributed by atoms with Crippen LogP contribution in [0.25, 0.3) is 0 Å². The van der Waals surface area contributed by atoms with Gasteiger partial charge in [-0.25, -0.2) is 4.39 Å². The lowest BCUT2D eigenvalue weighted by molar-refractivity contribution is 0.151. The smallest absolute Gasteiger partial charge is 0.124 e. The summed E-state index contributed by atoms with van der Waals surface area (Å²) in [5.74, 6) is 0. The van der Waals surface area contributed by atoms with Gasteiger partial charge >= 0.3 is 0 Å². The molecule has 3 heteroatoms. The van der Waals surface area contributed by atoms with Crippen molar-refractivity contribution in [3.05, 3.63) is 0 Å². The molecule has 0 N–H and O–H groups in total. The normalized spacial score (nSPS) is 36.3. The molecule has 1 aliphatic rings. The minimum Gasteiger partial charge on any atom is -0.301 e. The minimum atomic E-state index is -0.725. The molecule has 0 bridgehead atoms. The van der Waals surface area contributed by atoms with Gasteiger partial charge in [-0.2, -0.15) is 12.6 Å². The average Bonchev–Trinajstić information content (AvgIpc) is 1.95. The maximum absolute atomic E-state index is 12.9. The maximum atomic E-state index is 12.9. The molecule has 60 valence electrons. The van der Waals surface area contributed by atoms with E-state index in [1.165, 1.54) is 0 Å². The number of nitrogens with zero attached hydrogens (tertiary/aromatic N) is 1. The van der Waals surface area contributed by atoms with Crippen LogP contribution >= 0.6 is 12.6 Å². The van der Waals surface area contributed by atoms with Gasteiger partial charge in [-0.05, 0) is 19.5 Å². The molecule has 0 aromatic carbocycles. The van der Waals surface area contributed by atoms with E-state index >= 15 is 0 Å². The lowest BCUT2D eigenvalue weighted by Crippen LogP contribution is -2.42. The zero-order chi connectivity index (χ0) is 7.56. The molecule has 0 radical (unpaired) electrons. The summed E-state index contributed by atoms with van der Waals surface area (Å²) in [6, 6.07) is 0. The van der Waals surface area contributed by atoms with Crippen molar-refractivity contribution in [3.63, 3.8) is 0 Å². The van der Waals surface area contributed by atoms with E-state index in [-0.39, 0.29) is 5.25 Å². The molecule has 1 fully saturated rings. The molecule has 0 amide bonds. The average molecular weight is 163 g/mol. The zero-order valence-electron chi connectivity index (χ0n) is 6.26. The molecule has 0 aromatic heterocycles. The zero-order valence-corrected chi connectivity index (χ0v) is 7.15. The van der Waals surface area contributed by atoms with Crippen LogP contribution in [0.15, 0.2) is 0 Å². The van der Waals surface area contributed by atoms with E-state index in [2.05, 4.69) is 24.5 Å². The predicted octanol–water partition coefficient (Wildman–Crippen LogP) is 1.35. The highest BCUT2D eigenvalue weighted by Crippen LogP contribution is 2.17. The van der Waals surface area contributed by atoms with Crippen molar-refractivity contribution in [2.45, 2.75) is 24.8 Å².